The van der Waals surface area contributed by atoms with Gasteiger partial charge in [-0.05, 0) is 36.5 Å². The molecule has 72 valence electrons. The quantitative estimate of drug-likeness (QED) is 0.691. The molecule has 0 radical (unpaired) electrons. The lowest BCUT2D eigenvalue weighted by Gasteiger charge is -2.05. The maximum Gasteiger partial charge on any atom is 0.00721 e. The Labute approximate surface area is 86.8 Å². The normalized spacial score (nSPS) is 10.4. The summed E-state index contributed by atoms with van der Waals surface area (Å²) in [6, 6.07) is 6.60. The number of aryl methyl sites for hydroxylation is 2. The van der Waals surface area contributed by atoms with Gasteiger partial charge in [0.15, 0.2) is 0 Å². The van der Waals surface area contributed by atoms with Gasteiger partial charge in [0, 0.05) is 4.90 Å². The van der Waals surface area contributed by atoms with E-state index in [9.17, 15) is 0 Å². The van der Waals surface area contributed by atoms with Crippen molar-refractivity contribution < 1.29 is 0 Å². The minimum atomic E-state index is 1.08. The fourth-order valence-electron chi connectivity index (χ4n) is 1.46. The zero-order valence-corrected chi connectivity index (χ0v) is 9.40. The van der Waals surface area contributed by atoms with Crippen LogP contribution >= 0.6 is 12.6 Å². The molecule has 0 aliphatic carbocycles. The first kappa shape index (κ1) is 10.6. The van der Waals surface area contributed by atoms with Crippen LogP contribution in [0.15, 0.2) is 23.1 Å². The molecule has 0 N–H and O–H groups in total. The van der Waals surface area contributed by atoms with Crippen LogP contribution in [-0.2, 0) is 12.8 Å². The van der Waals surface area contributed by atoms with Gasteiger partial charge in [-0.3, -0.25) is 0 Å². The standard InChI is InChI=1S/C12H18S/c1-3-5-6-10-7-8-12(13)11(4-2)9-10/h7-9,13H,3-6H2,1-2H3. The smallest absolute Gasteiger partial charge is 0.00721 e. The van der Waals surface area contributed by atoms with E-state index in [2.05, 4.69) is 44.7 Å². The Morgan fingerprint density at radius 3 is 2.62 bits per heavy atom. The third-order valence-corrected chi connectivity index (χ3v) is 2.78. The van der Waals surface area contributed by atoms with Gasteiger partial charge < -0.3 is 0 Å². The second-order valence-corrected chi connectivity index (χ2v) is 3.90. The van der Waals surface area contributed by atoms with Crippen LogP contribution in [0.2, 0.25) is 0 Å². The summed E-state index contributed by atoms with van der Waals surface area (Å²) in [6.45, 7) is 4.41. The van der Waals surface area contributed by atoms with Crippen LogP contribution in [0.5, 0.6) is 0 Å². The highest BCUT2D eigenvalue weighted by Gasteiger charge is 1.98. The van der Waals surface area contributed by atoms with E-state index < -0.39 is 0 Å². The number of thiol groups is 1. The zero-order valence-electron chi connectivity index (χ0n) is 8.51. The van der Waals surface area contributed by atoms with Crippen molar-refractivity contribution in [2.45, 2.75) is 44.4 Å². The lowest BCUT2D eigenvalue weighted by molar-refractivity contribution is 0.792. The molecule has 0 spiro atoms. The first-order valence-corrected chi connectivity index (χ1v) is 5.53. The molecule has 1 aromatic carbocycles. The van der Waals surface area contributed by atoms with Crippen molar-refractivity contribution in [3.63, 3.8) is 0 Å². The molecule has 13 heavy (non-hydrogen) atoms. The van der Waals surface area contributed by atoms with E-state index in [-0.39, 0.29) is 0 Å². The maximum absolute atomic E-state index is 4.42. The van der Waals surface area contributed by atoms with E-state index in [1.807, 2.05) is 0 Å². The van der Waals surface area contributed by atoms with Gasteiger partial charge in [0.2, 0.25) is 0 Å². The van der Waals surface area contributed by atoms with Gasteiger partial charge in [-0.25, -0.2) is 0 Å². The lowest BCUT2D eigenvalue weighted by Crippen LogP contribution is -1.89. The van der Waals surface area contributed by atoms with Crippen molar-refractivity contribution in [2.24, 2.45) is 0 Å². The molecule has 1 aromatic rings. The minimum Gasteiger partial charge on any atom is -0.143 e. The van der Waals surface area contributed by atoms with Crippen LogP contribution < -0.4 is 0 Å². The number of hydrogen-bond acceptors (Lipinski definition) is 1. The van der Waals surface area contributed by atoms with Gasteiger partial charge >= 0.3 is 0 Å². The van der Waals surface area contributed by atoms with Crippen LogP contribution in [0, 0.1) is 0 Å². The molecular formula is C12H18S. The molecule has 0 fully saturated rings. The van der Waals surface area contributed by atoms with Crippen molar-refractivity contribution in [2.75, 3.05) is 0 Å². The van der Waals surface area contributed by atoms with Gasteiger partial charge in [-0.15, -0.1) is 12.6 Å². The summed E-state index contributed by atoms with van der Waals surface area (Å²) in [4.78, 5) is 1.13. The summed E-state index contributed by atoms with van der Waals surface area (Å²) in [6.07, 6.45) is 4.84. The Morgan fingerprint density at radius 1 is 1.23 bits per heavy atom. The summed E-state index contributed by atoms with van der Waals surface area (Å²) in [5.41, 5.74) is 2.83. The average molecular weight is 194 g/mol. The van der Waals surface area contributed by atoms with Crippen molar-refractivity contribution in [3.8, 4) is 0 Å². The number of hydrogen-bond donors (Lipinski definition) is 1. The van der Waals surface area contributed by atoms with E-state index >= 15 is 0 Å². The largest absolute Gasteiger partial charge is 0.143 e. The highest BCUT2D eigenvalue weighted by molar-refractivity contribution is 7.80. The predicted molar refractivity (Wildman–Crippen MR) is 61.7 cm³/mol. The van der Waals surface area contributed by atoms with E-state index in [4.69, 9.17) is 0 Å². The fourth-order valence-corrected chi connectivity index (χ4v) is 1.76. The molecule has 1 rings (SSSR count). The summed E-state index contributed by atoms with van der Waals surface area (Å²) < 4.78 is 0. The topological polar surface area (TPSA) is 0 Å². The van der Waals surface area contributed by atoms with Crippen molar-refractivity contribution in [1.29, 1.82) is 0 Å². The van der Waals surface area contributed by atoms with Gasteiger partial charge in [-0.2, -0.15) is 0 Å². The molecule has 0 aromatic heterocycles. The van der Waals surface area contributed by atoms with Crippen molar-refractivity contribution in [3.05, 3.63) is 29.3 Å². The van der Waals surface area contributed by atoms with Gasteiger partial charge in [0.1, 0.15) is 0 Å². The second kappa shape index (κ2) is 5.33. The van der Waals surface area contributed by atoms with Gasteiger partial charge in [0.05, 0.1) is 0 Å². The summed E-state index contributed by atoms with van der Waals surface area (Å²) >= 11 is 4.42. The van der Waals surface area contributed by atoms with Crippen molar-refractivity contribution in [1.82, 2.24) is 0 Å². The average Bonchev–Trinajstić information content (AvgIpc) is 2.16. The maximum atomic E-state index is 4.42. The Bertz CT molecular complexity index is 266. The summed E-state index contributed by atoms with van der Waals surface area (Å²) in [7, 11) is 0. The van der Waals surface area contributed by atoms with Gasteiger partial charge in [-0.1, -0.05) is 32.4 Å². The van der Waals surface area contributed by atoms with Crippen LogP contribution in [0.1, 0.15) is 37.8 Å². The molecule has 0 saturated heterocycles. The van der Waals surface area contributed by atoms with Crippen LogP contribution in [0.25, 0.3) is 0 Å². The Morgan fingerprint density at radius 2 is 2.00 bits per heavy atom. The van der Waals surface area contributed by atoms with Crippen molar-refractivity contribution >= 4 is 12.6 Å². The molecule has 0 bridgehead atoms. The third kappa shape index (κ3) is 3.07. The zero-order chi connectivity index (χ0) is 9.68. The molecule has 0 aliphatic rings. The van der Waals surface area contributed by atoms with Crippen LogP contribution in [0.3, 0.4) is 0 Å². The predicted octanol–water partition coefficient (Wildman–Crippen LogP) is 3.88. The molecule has 0 unspecified atom stereocenters. The summed E-state index contributed by atoms with van der Waals surface area (Å²) in [5, 5.41) is 0. The van der Waals surface area contributed by atoms with Crippen LogP contribution in [-0.4, -0.2) is 0 Å². The summed E-state index contributed by atoms with van der Waals surface area (Å²) in [5.74, 6) is 0. The first-order chi connectivity index (χ1) is 6.27. The molecule has 0 nitrogen and oxygen atoms in total. The SMILES string of the molecule is CCCCc1ccc(S)c(CC)c1. The van der Waals surface area contributed by atoms with E-state index in [0.717, 1.165) is 11.3 Å². The third-order valence-electron chi connectivity index (χ3n) is 2.34. The molecule has 0 amide bonds. The molecule has 0 atom stereocenters. The first-order valence-electron chi connectivity index (χ1n) is 5.08. The monoisotopic (exact) mass is 194 g/mol. The number of unbranched alkanes of at least 4 members (excludes halogenated alkanes) is 1. The second-order valence-electron chi connectivity index (χ2n) is 3.42. The Balaban J connectivity index is 2.74. The molecule has 0 saturated carbocycles. The highest BCUT2D eigenvalue weighted by atomic mass is 32.1. The lowest BCUT2D eigenvalue weighted by atomic mass is 10.0. The molecule has 0 aliphatic heterocycles. The number of benzene rings is 1. The number of rotatable bonds is 4. The van der Waals surface area contributed by atoms with E-state index in [1.165, 1.54) is 30.4 Å². The molecule has 1 heteroatoms. The van der Waals surface area contributed by atoms with Gasteiger partial charge in [0.25, 0.3) is 0 Å². The molecular weight excluding hydrogens is 176 g/mol. The Hall–Kier alpha value is -0.430. The Kier molecular flexibility index (Phi) is 4.37. The highest BCUT2D eigenvalue weighted by Crippen LogP contribution is 2.17. The van der Waals surface area contributed by atoms with Crippen LogP contribution in [0.4, 0.5) is 0 Å². The molecule has 0 heterocycles. The minimum absolute atomic E-state index is 1.08. The fraction of sp³-hybridized carbons (Fsp3) is 0.500. The van der Waals surface area contributed by atoms with E-state index in [1.54, 1.807) is 0 Å². The van der Waals surface area contributed by atoms with E-state index in [0.29, 0.717) is 0 Å².